The fourth-order valence-corrected chi connectivity index (χ4v) is 3.66. The summed E-state index contributed by atoms with van der Waals surface area (Å²) in [4.78, 5) is 24.7. The van der Waals surface area contributed by atoms with E-state index in [2.05, 4.69) is 20.4 Å². The van der Waals surface area contributed by atoms with Crippen molar-refractivity contribution in [1.29, 1.82) is 0 Å². The molecule has 0 aliphatic rings. The topological polar surface area (TPSA) is 94.0 Å². The zero-order chi connectivity index (χ0) is 24.5. The van der Waals surface area contributed by atoms with Crippen LogP contribution in [0.2, 0.25) is 0 Å². The number of ether oxygens (including phenoxy) is 2. The number of carbonyl (C=O) groups is 2. The molecule has 0 saturated heterocycles. The molecular formula is C26H30N4O4. The van der Waals surface area contributed by atoms with Crippen LogP contribution in [-0.2, 0) is 16.0 Å². The van der Waals surface area contributed by atoms with E-state index in [1.807, 2.05) is 74.5 Å². The van der Waals surface area contributed by atoms with Crippen molar-refractivity contribution in [3.8, 4) is 11.4 Å². The van der Waals surface area contributed by atoms with Crippen molar-refractivity contribution in [2.24, 2.45) is 5.10 Å². The van der Waals surface area contributed by atoms with E-state index in [0.29, 0.717) is 6.42 Å². The highest BCUT2D eigenvalue weighted by Crippen LogP contribution is 2.22. The molecule has 1 atom stereocenters. The molecule has 3 aromatic rings. The third-order valence-corrected chi connectivity index (χ3v) is 5.35. The largest absolute Gasteiger partial charge is 0.497 e. The maximum absolute atomic E-state index is 12.8. The molecule has 8 heteroatoms. The molecule has 0 radical (unpaired) electrons. The van der Waals surface area contributed by atoms with Gasteiger partial charge in [-0.2, -0.15) is 5.10 Å². The van der Waals surface area contributed by atoms with Crippen molar-refractivity contribution >= 4 is 18.2 Å². The molecule has 34 heavy (non-hydrogen) atoms. The van der Waals surface area contributed by atoms with Crippen molar-refractivity contribution in [2.75, 3.05) is 13.7 Å². The Bertz CT molecular complexity index is 1140. The average molecular weight is 463 g/mol. The summed E-state index contributed by atoms with van der Waals surface area (Å²) in [5.41, 5.74) is 7.33. The molecule has 0 aliphatic carbocycles. The summed E-state index contributed by atoms with van der Waals surface area (Å²) in [7, 11) is 1.64. The molecule has 0 spiro atoms. The Morgan fingerprint density at radius 2 is 1.79 bits per heavy atom. The lowest BCUT2D eigenvalue weighted by Crippen LogP contribution is -2.47. The van der Waals surface area contributed by atoms with Crippen LogP contribution in [0, 0.1) is 13.8 Å². The van der Waals surface area contributed by atoms with Crippen LogP contribution in [-0.4, -0.2) is 42.5 Å². The smallest absolute Gasteiger partial charge is 0.407 e. The molecule has 2 amide bonds. The van der Waals surface area contributed by atoms with Gasteiger partial charge in [-0.25, -0.2) is 10.2 Å². The standard InChI is InChI=1S/C26H30N4O4/c1-5-34-26(32)28-24(16-20-9-7-6-8-10-20)25(31)29-27-17-21-15-18(2)30(19(21)3)22-11-13-23(33-4)14-12-22/h6-15,17,24H,5,16H2,1-4H3,(H,28,32)(H,29,31)/b27-17-/t24-/m1/s1. The highest BCUT2D eigenvalue weighted by atomic mass is 16.5. The minimum atomic E-state index is -0.828. The predicted octanol–water partition coefficient (Wildman–Crippen LogP) is 3.91. The van der Waals surface area contributed by atoms with E-state index < -0.39 is 18.0 Å². The summed E-state index contributed by atoms with van der Waals surface area (Å²) in [6.45, 7) is 5.92. The van der Waals surface area contributed by atoms with Crippen molar-refractivity contribution in [2.45, 2.75) is 33.2 Å². The monoisotopic (exact) mass is 462 g/mol. The summed E-state index contributed by atoms with van der Waals surface area (Å²) >= 11 is 0. The third-order valence-electron chi connectivity index (χ3n) is 5.35. The van der Waals surface area contributed by atoms with Crippen LogP contribution in [0.5, 0.6) is 5.75 Å². The molecule has 0 fully saturated rings. The molecule has 178 valence electrons. The van der Waals surface area contributed by atoms with Gasteiger partial charge >= 0.3 is 6.09 Å². The number of nitrogens with zero attached hydrogens (tertiary/aromatic N) is 2. The first-order valence-corrected chi connectivity index (χ1v) is 11.1. The van der Waals surface area contributed by atoms with Crippen LogP contribution >= 0.6 is 0 Å². The van der Waals surface area contributed by atoms with Gasteiger partial charge in [-0.15, -0.1) is 0 Å². The zero-order valence-electron chi connectivity index (χ0n) is 19.9. The van der Waals surface area contributed by atoms with Crippen molar-refractivity contribution < 1.29 is 19.1 Å². The minimum Gasteiger partial charge on any atom is -0.497 e. The molecule has 1 heterocycles. The summed E-state index contributed by atoms with van der Waals surface area (Å²) in [6, 6.07) is 18.4. The number of alkyl carbamates (subject to hydrolysis) is 1. The number of aromatic nitrogens is 1. The Morgan fingerprint density at radius 1 is 1.09 bits per heavy atom. The fourth-order valence-electron chi connectivity index (χ4n) is 3.66. The number of hydrogen-bond donors (Lipinski definition) is 2. The number of nitrogens with one attached hydrogen (secondary N) is 2. The maximum atomic E-state index is 12.8. The van der Waals surface area contributed by atoms with Gasteiger partial charge in [0.05, 0.1) is 19.9 Å². The highest BCUT2D eigenvalue weighted by Gasteiger charge is 2.21. The Labute approximate surface area is 199 Å². The van der Waals surface area contributed by atoms with E-state index >= 15 is 0 Å². The predicted molar refractivity (Wildman–Crippen MR) is 132 cm³/mol. The van der Waals surface area contributed by atoms with Gasteiger partial charge in [0.2, 0.25) is 0 Å². The van der Waals surface area contributed by atoms with E-state index in [4.69, 9.17) is 9.47 Å². The first kappa shape index (κ1) is 24.6. The Kier molecular flexibility index (Phi) is 8.45. The van der Waals surface area contributed by atoms with Gasteiger partial charge in [-0.3, -0.25) is 4.79 Å². The molecule has 8 nitrogen and oxygen atoms in total. The number of benzene rings is 2. The minimum absolute atomic E-state index is 0.216. The normalized spacial score (nSPS) is 11.8. The number of methoxy groups -OCH3 is 1. The van der Waals surface area contributed by atoms with Crippen LogP contribution < -0.4 is 15.5 Å². The average Bonchev–Trinajstić information content (AvgIpc) is 3.12. The first-order valence-electron chi connectivity index (χ1n) is 11.1. The van der Waals surface area contributed by atoms with E-state index in [0.717, 1.165) is 34.0 Å². The second kappa shape index (κ2) is 11.7. The quantitative estimate of drug-likeness (QED) is 0.372. The van der Waals surface area contributed by atoms with Gasteiger partial charge in [0.1, 0.15) is 11.8 Å². The van der Waals surface area contributed by atoms with Gasteiger partial charge in [-0.05, 0) is 56.7 Å². The summed E-state index contributed by atoms with van der Waals surface area (Å²) < 4.78 is 12.3. The third kappa shape index (κ3) is 6.25. The van der Waals surface area contributed by atoms with Crippen LogP contribution in [0.3, 0.4) is 0 Å². The van der Waals surface area contributed by atoms with Gasteiger partial charge in [0.25, 0.3) is 5.91 Å². The van der Waals surface area contributed by atoms with Crippen molar-refractivity contribution in [3.63, 3.8) is 0 Å². The van der Waals surface area contributed by atoms with E-state index in [1.54, 1.807) is 20.2 Å². The molecule has 0 bridgehead atoms. The number of rotatable bonds is 9. The van der Waals surface area contributed by atoms with Crippen LogP contribution in [0.4, 0.5) is 4.79 Å². The molecule has 2 N–H and O–H groups in total. The van der Waals surface area contributed by atoms with E-state index in [-0.39, 0.29) is 6.61 Å². The molecular weight excluding hydrogens is 432 g/mol. The molecule has 0 unspecified atom stereocenters. The second-order valence-electron chi connectivity index (χ2n) is 7.70. The van der Waals surface area contributed by atoms with Crippen molar-refractivity contribution in [1.82, 2.24) is 15.3 Å². The lowest BCUT2D eigenvalue weighted by molar-refractivity contribution is -0.123. The van der Waals surface area contributed by atoms with Crippen LogP contribution in [0.15, 0.2) is 65.8 Å². The van der Waals surface area contributed by atoms with Crippen LogP contribution in [0.25, 0.3) is 5.69 Å². The zero-order valence-corrected chi connectivity index (χ0v) is 19.9. The SMILES string of the molecule is CCOC(=O)N[C@H](Cc1ccccc1)C(=O)N/N=C\c1cc(C)n(-c2ccc(OC)cc2)c1C. The van der Waals surface area contributed by atoms with Gasteiger partial charge in [0.15, 0.2) is 0 Å². The number of amides is 2. The molecule has 3 rings (SSSR count). The van der Waals surface area contributed by atoms with Crippen molar-refractivity contribution in [3.05, 3.63) is 83.2 Å². The maximum Gasteiger partial charge on any atom is 0.407 e. The van der Waals surface area contributed by atoms with Gasteiger partial charge in [0, 0.05) is 29.1 Å². The summed E-state index contributed by atoms with van der Waals surface area (Å²) in [5, 5.41) is 6.75. The summed E-state index contributed by atoms with van der Waals surface area (Å²) in [6.07, 6.45) is 1.27. The number of hydrogen-bond acceptors (Lipinski definition) is 5. The second-order valence-corrected chi connectivity index (χ2v) is 7.70. The lowest BCUT2D eigenvalue weighted by Gasteiger charge is -2.16. The molecule has 1 aromatic heterocycles. The van der Waals surface area contributed by atoms with Gasteiger partial charge in [-0.1, -0.05) is 30.3 Å². The highest BCUT2D eigenvalue weighted by molar-refractivity contribution is 5.88. The fraction of sp³-hybridized carbons (Fsp3) is 0.269. The van der Waals surface area contributed by atoms with Gasteiger partial charge < -0.3 is 19.4 Å². The first-order chi connectivity index (χ1) is 16.4. The number of carbonyl (C=O) groups excluding carboxylic acids is 2. The molecule has 0 aliphatic heterocycles. The van der Waals surface area contributed by atoms with E-state index in [1.165, 1.54) is 0 Å². The molecule has 0 saturated carbocycles. The Hall–Kier alpha value is -4.07. The number of hydrazone groups is 1. The summed E-state index contributed by atoms with van der Waals surface area (Å²) in [5.74, 6) is 0.356. The van der Waals surface area contributed by atoms with Crippen LogP contribution in [0.1, 0.15) is 29.4 Å². The lowest BCUT2D eigenvalue weighted by atomic mass is 10.1. The Morgan fingerprint density at radius 3 is 2.44 bits per heavy atom. The molecule has 2 aromatic carbocycles. The number of aryl methyl sites for hydroxylation is 1. The van der Waals surface area contributed by atoms with E-state index in [9.17, 15) is 9.59 Å². The Balaban J connectivity index is 1.72.